The molecule has 0 atom stereocenters. The van der Waals surface area contributed by atoms with Crippen molar-refractivity contribution in [2.24, 2.45) is 32.6 Å². The zero-order valence-corrected chi connectivity index (χ0v) is 9.52. The molecule has 1 aliphatic rings. The third-order valence-electron chi connectivity index (χ3n) is 3.07. The van der Waals surface area contributed by atoms with Crippen LogP contribution in [0.3, 0.4) is 0 Å². The highest BCUT2D eigenvalue weighted by atomic mass is 16.3. The van der Waals surface area contributed by atoms with Crippen molar-refractivity contribution in [1.82, 2.24) is 0 Å². The summed E-state index contributed by atoms with van der Waals surface area (Å²) in [4.78, 5) is 7.76. The fraction of sp³-hybridized carbons (Fsp3) is 0.800. The summed E-state index contributed by atoms with van der Waals surface area (Å²) in [5.41, 5.74) is 15.8. The number of hydrogen-bond donors (Lipinski definition) is 4. The van der Waals surface area contributed by atoms with Gasteiger partial charge in [0.15, 0.2) is 5.96 Å². The van der Waals surface area contributed by atoms with Crippen molar-refractivity contribution in [2.75, 3.05) is 13.2 Å². The second-order valence-corrected chi connectivity index (χ2v) is 4.43. The number of hydrogen-bond acceptors (Lipinski definition) is 2. The van der Waals surface area contributed by atoms with Gasteiger partial charge in [-0.05, 0) is 12.8 Å². The molecule has 0 amide bonds. The maximum atomic E-state index is 9.44. The molecule has 0 unspecified atom stereocenters. The molecule has 0 aromatic heterocycles. The van der Waals surface area contributed by atoms with Crippen molar-refractivity contribution in [3.63, 3.8) is 0 Å². The van der Waals surface area contributed by atoms with Crippen LogP contribution >= 0.6 is 0 Å². The molecule has 1 fully saturated rings. The van der Waals surface area contributed by atoms with Gasteiger partial charge in [0, 0.05) is 5.41 Å². The zero-order valence-electron chi connectivity index (χ0n) is 9.52. The summed E-state index contributed by atoms with van der Waals surface area (Å²) in [5.74, 6) is -0.0126. The van der Waals surface area contributed by atoms with Crippen LogP contribution in [0, 0.1) is 5.41 Å². The molecule has 16 heavy (non-hydrogen) atoms. The zero-order chi connectivity index (χ0) is 12.0. The highest BCUT2D eigenvalue weighted by Crippen LogP contribution is 2.35. The number of aliphatic hydroxyl groups excluding tert-OH is 1. The van der Waals surface area contributed by atoms with E-state index in [1.54, 1.807) is 0 Å². The summed E-state index contributed by atoms with van der Waals surface area (Å²) in [6.45, 7) is 0.637. The van der Waals surface area contributed by atoms with Crippen LogP contribution in [0.1, 0.15) is 32.1 Å². The molecule has 0 spiro atoms. The quantitative estimate of drug-likeness (QED) is 0.384. The van der Waals surface area contributed by atoms with Gasteiger partial charge in [0.05, 0.1) is 13.2 Å². The van der Waals surface area contributed by atoms with Gasteiger partial charge in [0.25, 0.3) is 0 Å². The number of nitrogens with zero attached hydrogens (tertiary/aromatic N) is 2. The van der Waals surface area contributed by atoms with E-state index in [1.165, 1.54) is 6.42 Å². The van der Waals surface area contributed by atoms with Crippen molar-refractivity contribution in [3.8, 4) is 0 Å². The highest BCUT2D eigenvalue weighted by molar-refractivity contribution is 5.92. The minimum Gasteiger partial charge on any atom is -0.396 e. The minimum atomic E-state index is -0.123. The summed E-state index contributed by atoms with van der Waals surface area (Å²) in [7, 11) is 0. The van der Waals surface area contributed by atoms with Crippen molar-refractivity contribution < 1.29 is 5.11 Å². The van der Waals surface area contributed by atoms with E-state index in [4.69, 9.17) is 17.2 Å². The Kier molecular flexibility index (Phi) is 4.54. The minimum absolute atomic E-state index is 0.0819. The molecule has 0 bridgehead atoms. The molecule has 7 N–H and O–H groups in total. The van der Waals surface area contributed by atoms with Gasteiger partial charge in [0.1, 0.15) is 0 Å². The molecule has 0 heterocycles. The summed E-state index contributed by atoms with van der Waals surface area (Å²) in [6.07, 6.45) is 5.48. The number of guanidine groups is 2. The first-order valence-electron chi connectivity index (χ1n) is 5.58. The van der Waals surface area contributed by atoms with Gasteiger partial charge in [-0.15, -0.1) is 0 Å². The molecule has 0 aliphatic heterocycles. The van der Waals surface area contributed by atoms with Crippen molar-refractivity contribution >= 4 is 11.9 Å². The molecule has 0 saturated heterocycles. The van der Waals surface area contributed by atoms with E-state index in [1.807, 2.05) is 0 Å². The highest BCUT2D eigenvalue weighted by Gasteiger charge is 2.31. The normalized spacial score (nSPS) is 20.4. The smallest absolute Gasteiger partial charge is 0.218 e. The Bertz CT molecular complexity index is 277. The van der Waals surface area contributed by atoms with Crippen LogP contribution in [-0.2, 0) is 0 Å². The Balaban J connectivity index is 2.59. The van der Waals surface area contributed by atoms with Crippen molar-refractivity contribution in [2.45, 2.75) is 32.1 Å². The number of aliphatic hydroxyl groups is 1. The molecule has 92 valence electrons. The van der Waals surface area contributed by atoms with Crippen molar-refractivity contribution in [1.29, 1.82) is 0 Å². The van der Waals surface area contributed by atoms with E-state index in [9.17, 15) is 5.11 Å². The average Bonchev–Trinajstić information content (AvgIpc) is 2.27. The molecular weight excluding hydrogens is 206 g/mol. The van der Waals surface area contributed by atoms with E-state index in [0.717, 1.165) is 25.7 Å². The van der Waals surface area contributed by atoms with Crippen LogP contribution in [0.4, 0.5) is 0 Å². The Labute approximate surface area is 95.6 Å². The van der Waals surface area contributed by atoms with Gasteiger partial charge < -0.3 is 22.3 Å². The third-order valence-corrected chi connectivity index (χ3v) is 3.07. The topological polar surface area (TPSA) is 123 Å². The van der Waals surface area contributed by atoms with Gasteiger partial charge in [-0.2, -0.15) is 4.99 Å². The van der Waals surface area contributed by atoms with Crippen molar-refractivity contribution in [3.05, 3.63) is 0 Å². The molecule has 0 radical (unpaired) electrons. The first-order valence-corrected chi connectivity index (χ1v) is 5.58. The van der Waals surface area contributed by atoms with Crippen LogP contribution in [-0.4, -0.2) is 30.2 Å². The van der Waals surface area contributed by atoms with Gasteiger partial charge in [-0.25, -0.2) is 0 Å². The average molecular weight is 227 g/mol. The van der Waals surface area contributed by atoms with Crippen LogP contribution in [0.15, 0.2) is 9.98 Å². The molecule has 1 rings (SSSR count). The maximum Gasteiger partial charge on any atom is 0.218 e. The Morgan fingerprint density at radius 1 is 1.12 bits per heavy atom. The summed E-state index contributed by atoms with van der Waals surface area (Å²) in [6, 6.07) is 0. The van der Waals surface area contributed by atoms with Gasteiger partial charge in [-0.3, -0.25) is 4.99 Å². The molecule has 1 saturated carbocycles. The second-order valence-electron chi connectivity index (χ2n) is 4.43. The maximum absolute atomic E-state index is 9.44. The Morgan fingerprint density at radius 3 is 2.25 bits per heavy atom. The van der Waals surface area contributed by atoms with Gasteiger partial charge in [0.2, 0.25) is 5.96 Å². The first kappa shape index (κ1) is 12.8. The lowest BCUT2D eigenvalue weighted by atomic mass is 9.75. The van der Waals surface area contributed by atoms with Crippen LogP contribution in [0.25, 0.3) is 0 Å². The lowest BCUT2D eigenvalue weighted by molar-refractivity contribution is 0.0908. The summed E-state index contributed by atoms with van der Waals surface area (Å²) < 4.78 is 0. The van der Waals surface area contributed by atoms with E-state index >= 15 is 0 Å². The summed E-state index contributed by atoms with van der Waals surface area (Å²) >= 11 is 0. The van der Waals surface area contributed by atoms with E-state index in [-0.39, 0.29) is 23.9 Å². The van der Waals surface area contributed by atoms with E-state index in [0.29, 0.717) is 6.54 Å². The molecule has 6 heteroatoms. The number of rotatable bonds is 3. The van der Waals surface area contributed by atoms with Gasteiger partial charge >= 0.3 is 0 Å². The molecular formula is C10H21N5O. The number of aliphatic imine (C=N–C) groups is 2. The number of nitrogens with two attached hydrogens (primary N) is 3. The largest absolute Gasteiger partial charge is 0.396 e. The second kappa shape index (κ2) is 5.69. The lowest BCUT2D eigenvalue weighted by Crippen LogP contribution is -2.33. The molecule has 6 nitrogen and oxygen atoms in total. The molecule has 1 aliphatic carbocycles. The van der Waals surface area contributed by atoms with Crippen LogP contribution in [0.2, 0.25) is 0 Å². The fourth-order valence-corrected chi connectivity index (χ4v) is 2.08. The fourth-order valence-electron chi connectivity index (χ4n) is 2.08. The van der Waals surface area contributed by atoms with Crippen LogP contribution < -0.4 is 17.2 Å². The molecule has 0 aromatic rings. The Morgan fingerprint density at radius 2 is 1.75 bits per heavy atom. The monoisotopic (exact) mass is 227 g/mol. The van der Waals surface area contributed by atoms with E-state index in [2.05, 4.69) is 9.98 Å². The standard InChI is InChI=1S/C10H21N5O/c11-8(12)15-9(13)14-6-10(7-16)4-2-1-3-5-10/h16H,1-7H2,(H6,11,12,13,14,15). The SMILES string of the molecule is NC(N)=NC(N)=NCC1(CO)CCCCC1. The van der Waals surface area contributed by atoms with Crippen LogP contribution in [0.5, 0.6) is 0 Å². The van der Waals surface area contributed by atoms with Gasteiger partial charge in [-0.1, -0.05) is 19.3 Å². The summed E-state index contributed by atoms with van der Waals surface area (Å²) in [5, 5.41) is 9.44. The lowest BCUT2D eigenvalue weighted by Gasteiger charge is -2.33. The first-order chi connectivity index (χ1) is 7.58. The predicted molar refractivity (Wildman–Crippen MR) is 64.9 cm³/mol. The van der Waals surface area contributed by atoms with E-state index < -0.39 is 0 Å². The third kappa shape index (κ3) is 3.69. The Hall–Kier alpha value is -1.30. The predicted octanol–water partition coefficient (Wildman–Crippen LogP) is -0.483. The molecule has 0 aromatic carbocycles.